The number of rotatable bonds is 5. The predicted molar refractivity (Wildman–Crippen MR) is 74.7 cm³/mol. The maximum atomic E-state index is 12.4. The predicted octanol–water partition coefficient (Wildman–Crippen LogP) is 1.83. The Morgan fingerprint density at radius 3 is 2.35 bits per heavy atom. The number of hydrogen-bond donors (Lipinski definition) is 1. The topological polar surface area (TPSA) is 83.9 Å². The molecule has 1 N–H and O–H groups in total. The summed E-state index contributed by atoms with van der Waals surface area (Å²) >= 11 is 5.89. The zero-order valence-electron chi connectivity index (χ0n) is 11.5. The zero-order chi connectivity index (χ0) is 15.7. The van der Waals surface area contributed by atoms with Gasteiger partial charge < -0.3 is 9.84 Å². The molecule has 0 amide bonds. The second kappa shape index (κ2) is 5.59. The van der Waals surface area contributed by atoms with Gasteiger partial charge in [0, 0.05) is 7.05 Å². The first-order valence-corrected chi connectivity index (χ1v) is 7.43. The minimum absolute atomic E-state index is 0.0971. The van der Waals surface area contributed by atoms with E-state index in [1.807, 2.05) is 0 Å². The average molecular weight is 322 g/mol. The lowest BCUT2D eigenvalue weighted by atomic mass is 10.1. The Bertz CT molecular complexity index is 627. The number of aliphatic carboxylic acids is 1. The highest BCUT2D eigenvalue weighted by molar-refractivity contribution is 7.89. The van der Waals surface area contributed by atoms with Crippen molar-refractivity contribution >= 4 is 27.6 Å². The fourth-order valence-electron chi connectivity index (χ4n) is 1.40. The smallest absolute Gasteiger partial charge is 0.324 e. The number of ether oxygens (including phenoxy) is 1. The molecule has 20 heavy (non-hydrogen) atoms. The third-order valence-corrected chi connectivity index (χ3v) is 5.41. The van der Waals surface area contributed by atoms with E-state index >= 15 is 0 Å². The minimum atomic E-state index is -3.98. The van der Waals surface area contributed by atoms with E-state index in [2.05, 4.69) is 0 Å². The Morgan fingerprint density at radius 1 is 1.40 bits per heavy atom. The largest absolute Gasteiger partial charge is 0.495 e. The molecule has 0 heterocycles. The van der Waals surface area contributed by atoms with Gasteiger partial charge in [0.1, 0.15) is 11.3 Å². The third kappa shape index (κ3) is 2.89. The molecule has 0 aliphatic carbocycles. The molecule has 0 bridgehead atoms. The van der Waals surface area contributed by atoms with Crippen LogP contribution >= 0.6 is 11.6 Å². The summed E-state index contributed by atoms with van der Waals surface area (Å²) in [6.45, 7) is 2.61. The van der Waals surface area contributed by atoms with Gasteiger partial charge in [-0.2, -0.15) is 4.31 Å². The highest BCUT2D eigenvalue weighted by Gasteiger charge is 2.40. The molecule has 1 aromatic carbocycles. The van der Waals surface area contributed by atoms with Gasteiger partial charge >= 0.3 is 5.97 Å². The van der Waals surface area contributed by atoms with E-state index in [0.717, 1.165) is 4.31 Å². The van der Waals surface area contributed by atoms with Gasteiger partial charge in [-0.3, -0.25) is 4.79 Å². The summed E-state index contributed by atoms with van der Waals surface area (Å²) in [5, 5.41) is 9.24. The number of carboxylic acid groups (broad SMARTS) is 1. The van der Waals surface area contributed by atoms with Crippen molar-refractivity contribution in [2.24, 2.45) is 0 Å². The lowest BCUT2D eigenvalue weighted by molar-refractivity contribution is -0.145. The Hall–Kier alpha value is -1.31. The van der Waals surface area contributed by atoms with E-state index in [-0.39, 0.29) is 9.92 Å². The van der Waals surface area contributed by atoms with Crippen LogP contribution < -0.4 is 4.74 Å². The number of likely N-dealkylation sites (N-methyl/N-ethyl adjacent to an activating group) is 1. The summed E-state index contributed by atoms with van der Waals surface area (Å²) in [5.41, 5.74) is -1.58. The quantitative estimate of drug-likeness (QED) is 0.894. The number of methoxy groups -OCH3 is 1. The Labute approximate surface area is 123 Å². The molecular weight excluding hydrogens is 306 g/mol. The molecule has 0 aliphatic rings. The van der Waals surface area contributed by atoms with Gasteiger partial charge in [-0.05, 0) is 32.0 Å². The van der Waals surface area contributed by atoms with Gasteiger partial charge in [0.05, 0.1) is 17.0 Å². The van der Waals surface area contributed by atoms with Crippen LogP contribution in [0.1, 0.15) is 13.8 Å². The van der Waals surface area contributed by atoms with Crippen molar-refractivity contribution in [1.82, 2.24) is 4.31 Å². The first-order valence-electron chi connectivity index (χ1n) is 5.61. The van der Waals surface area contributed by atoms with Gasteiger partial charge in [-0.15, -0.1) is 0 Å². The lowest BCUT2D eigenvalue weighted by Crippen LogP contribution is -2.50. The first kappa shape index (κ1) is 16.7. The van der Waals surface area contributed by atoms with E-state index in [0.29, 0.717) is 5.75 Å². The van der Waals surface area contributed by atoms with Crippen molar-refractivity contribution in [2.75, 3.05) is 14.2 Å². The normalized spacial score (nSPS) is 12.5. The van der Waals surface area contributed by atoms with Crippen LogP contribution in [0.3, 0.4) is 0 Å². The first-order chi connectivity index (χ1) is 9.05. The SMILES string of the molecule is COc1ccc(S(=O)(=O)N(C)C(C)(C)C(=O)O)cc1Cl. The molecule has 112 valence electrons. The zero-order valence-corrected chi connectivity index (χ0v) is 13.1. The van der Waals surface area contributed by atoms with Crippen LogP contribution in [-0.4, -0.2) is 43.5 Å². The number of benzene rings is 1. The van der Waals surface area contributed by atoms with Crippen molar-refractivity contribution in [3.8, 4) is 5.75 Å². The summed E-state index contributed by atoms with van der Waals surface area (Å²) in [6.07, 6.45) is 0. The molecular formula is C12H16ClNO5S. The molecule has 0 radical (unpaired) electrons. The van der Waals surface area contributed by atoms with Crippen LogP contribution in [-0.2, 0) is 14.8 Å². The minimum Gasteiger partial charge on any atom is -0.495 e. The van der Waals surface area contributed by atoms with Crippen molar-refractivity contribution < 1.29 is 23.1 Å². The number of hydrogen-bond acceptors (Lipinski definition) is 4. The van der Waals surface area contributed by atoms with Gasteiger partial charge in [0.25, 0.3) is 0 Å². The highest BCUT2D eigenvalue weighted by atomic mass is 35.5. The third-order valence-electron chi connectivity index (χ3n) is 3.09. The monoisotopic (exact) mass is 321 g/mol. The molecule has 0 aliphatic heterocycles. The van der Waals surface area contributed by atoms with Gasteiger partial charge in [-0.25, -0.2) is 8.42 Å². The summed E-state index contributed by atoms with van der Waals surface area (Å²) in [7, 11) is -1.36. The summed E-state index contributed by atoms with van der Waals surface area (Å²) in [6, 6.07) is 3.95. The second-order valence-corrected chi connectivity index (χ2v) is 7.01. The molecule has 0 unspecified atom stereocenters. The van der Waals surface area contributed by atoms with Crippen molar-refractivity contribution in [3.63, 3.8) is 0 Å². The van der Waals surface area contributed by atoms with Crippen molar-refractivity contribution in [2.45, 2.75) is 24.3 Å². The summed E-state index contributed by atoms with van der Waals surface area (Å²) < 4.78 is 30.5. The van der Waals surface area contributed by atoms with Crippen molar-refractivity contribution in [3.05, 3.63) is 23.2 Å². The maximum Gasteiger partial charge on any atom is 0.324 e. The van der Waals surface area contributed by atoms with Gasteiger partial charge in [0.15, 0.2) is 0 Å². The number of sulfonamides is 1. The number of halogens is 1. The van der Waals surface area contributed by atoms with E-state index in [4.69, 9.17) is 21.4 Å². The summed E-state index contributed by atoms with van der Waals surface area (Å²) in [5.74, 6) is -0.908. The van der Waals surface area contributed by atoms with Crippen molar-refractivity contribution in [1.29, 1.82) is 0 Å². The standard InChI is InChI=1S/C12H16ClNO5S/c1-12(2,11(15)16)14(3)20(17,18)8-5-6-10(19-4)9(13)7-8/h5-7H,1-4H3,(H,15,16). The van der Waals surface area contributed by atoms with E-state index in [1.165, 1.54) is 46.2 Å². The van der Waals surface area contributed by atoms with Crippen LogP contribution in [0.4, 0.5) is 0 Å². The highest BCUT2D eigenvalue weighted by Crippen LogP contribution is 2.30. The van der Waals surface area contributed by atoms with E-state index in [1.54, 1.807) is 0 Å². The number of carboxylic acids is 1. The molecule has 1 aromatic rings. The molecule has 0 saturated heterocycles. The molecule has 0 aromatic heterocycles. The second-order valence-electron chi connectivity index (χ2n) is 4.63. The number of nitrogens with zero attached hydrogens (tertiary/aromatic N) is 1. The van der Waals surface area contributed by atoms with Crippen LogP contribution in [0.25, 0.3) is 0 Å². The molecule has 0 saturated carbocycles. The van der Waals surface area contributed by atoms with Crippen LogP contribution in [0.2, 0.25) is 5.02 Å². The lowest BCUT2D eigenvalue weighted by Gasteiger charge is -2.30. The van der Waals surface area contributed by atoms with Crippen LogP contribution in [0.15, 0.2) is 23.1 Å². The fraction of sp³-hybridized carbons (Fsp3) is 0.417. The molecule has 0 fully saturated rings. The Balaban J connectivity index is 3.30. The van der Waals surface area contributed by atoms with Crippen LogP contribution in [0, 0.1) is 0 Å². The van der Waals surface area contributed by atoms with Crippen LogP contribution in [0.5, 0.6) is 5.75 Å². The molecule has 6 nitrogen and oxygen atoms in total. The Kier molecular flexibility index (Phi) is 4.68. The molecule has 8 heteroatoms. The fourth-order valence-corrected chi connectivity index (χ4v) is 3.23. The number of carbonyl (C=O) groups is 1. The molecule has 1 rings (SSSR count). The molecule has 0 atom stereocenters. The average Bonchev–Trinajstić information content (AvgIpc) is 2.37. The van der Waals surface area contributed by atoms with E-state index < -0.39 is 21.5 Å². The van der Waals surface area contributed by atoms with E-state index in [9.17, 15) is 13.2 Å². The summed E-state index contributed by atoms with van der Waals surface area (Å²) in [4.78, 5) is 11.1. The Morgan fingerprint density at radius 2 is 1.95 bits per heavy atom. The molecule has 0 spiro atoms. The maximum absolute atomic E-state index is 12.4. The van der Waals surface area contributed by atoms with Gasteiger partial charge in [-0.1, -0.05) is 11.6 Å². The van der Waals surface area contributed by atoms with Gasteiger partial charge in [0.2, 0.25) is 10.0 Å².